The highest BCUT2D eigenvalue weighted by Gasteiger charge is 2.30. The van der Waals surface area contributed by atoms with Crippen molar-refractivity contribution < 1.29 is 13.2 Å². The van der Waals surface area contributed by atoms with E-state index in [4.69, 9.17) is 5.73 Å². The molecule has 0 spiro atoms. The van der Waals surface area contributed by atoms with Gasteiger partial charge in [0.1, 0.15) is 11.5 Å². The minimum Gasteiger partial charge on any atom is -0.383 e. The van der Waals surface area contributed by atoms with Crippen LogP contribution >= 0.6 is 0 Å². The Morgan fingerprint density at radius 2 is 2.00 bits per heavy atom. The van der Waals surface area contributed by atoms with Gasteiger partial charge in [-0.25, -0.2) is 4.98 Å². The summed E-state index contributed by atoms with van der Waals surface area (Å²) < 4.78 is 39.9. The van der Waals surface area contributed by atoms with Crippen LogP contribution in [0.3, 0.4) is 0 Å². The zero-order valence-electron chi connectivity index (χ0n) is 11.3. The summed E-state index contributed by atoms with van der Waals surface area (Å²) in [5.74, 6) is 0.763. The van der Waals surface area contributed by atoms with Crippen LogP contribution in [0.15, 0.2) is 30.6 Å². The maximum atomic E-state index is 12.7. The van der Waals surface area contributed by atoms with E-state index in [2.05, 4.69) is 4.98 Å². The van der Waals surface area contributed by atoms with Crippen molar-refractivity contribution in [1.82, 2.24) is 9.55 Å². The van der Waals surface area contributed by atoms with Crippen LogP contribution in [0.5, 0.6) is 0 Å². The normalized spacial score (nSPS) is 12.1. The Morgan fingerprint density at radius 1 is 1.30 bits per heavy atom. The molecule has 1 heterocycles. The molecule has 0 atom stereocenters. The second-order valence-electron chi connectivity index (χ2n) is 5.10. The topological polar surface area (TPSA) is 43.8 Å². The van der Waals surface area contributed by atoms with Gasteiger partial charge in [0.25, 0.3) is 0 Å². The first-order valence-corrected chi connectivity index (χ1v) is 6.27. The van der Waals surface area contributed by atoms with Gasteiger partial charge in [0.15, 0.2) is 0 Å². The Kier molecular flexibility index (Phi) is 3.74. The molecule has 1 aromatic heterocycles. The molecule has 108 valence electrons. The van der Waals surface area contributed by atoms with E-state index in [0.717, 1.165) is 12.1 Å². The molecule has 2 rings (SSSR count). The van der Waals surface area contributed by atoms with Gasteiger partial charge in [-0.05, 0) is 18.1 Å². The van der Waals surface area contributed by atoms with Crippen LogP contribution in [0.25, 0.3) is 11.3 Å². The average Bonchev–Trinajstić information content (AvgIpc) is 2.69. The molecular formula is C14H16F3N3. The number of hydrogen-bond acceptors (Lipinski definition) is 2. The molecule has 6 heteroatoms. The molecule has 0 radical (unpaired) electrons. The lowest BCUT2D eigenvalue weighted by Crippen LogP contribution is -2.07. The van der Waals surface area contributed by atoms with E-state index in [0.29, 0.717) is 29.5 Å². The van der Waals surface area contributed by atoms with Crippen molar-refractivity contribution >= 4 is 5.82 Å². The lowest BCUT2D eigenvalue weighted by Gasteiger charge is -2.10. The molecule has 0 aliphatic rings. The Hall–Kier alpha value is -1.98. The zero-order chi connectivity index (χ0) is 14.9. The highest BCUT2D eigenvalue weighted by Crippen LogP contribution is 2.33. The summed E-state index contributed by atoms with van der Waals surface area (Å²) in [6.45, 7) is 4.74. The molecular weight excluding hydrogens is 267 g/mol. The molecule has 0 unspecified atom stereocenters. The summed E-state index contributed by atoms with van der Waals surface area (Å²) in [5.41, 5.74) is 6.02. The van der Waals surface area contributed by atoms with Gasteiger partial charge >= 0.3 is 6.18 Å². The fraction of sp³-hybridized carbons (Fsp3) is 0.357. The van der Waals surface area contributed by atoms with E-state index in [1.807, 2.05) is 13.8 Å². The van der Waals surface area contributed by atoms with Crippen LogP contribution in [0.2, 0.25) is 0 Å². The third-order valence-corrected chi connectivity index (χ3v) is 2.90. The minimum atomic E-state index is -4.37. The molecule has 0 amide bonds. The van der Waals surface area contributed by atoms with Gasteiger partial charge in [0, 0.05) is 12.1 Å². The van der Waals surface area contributed by atoms with E-state index in [1.54, 1.807) is 17.0 Å². The number of rotatable bonds is 3. The smallest absolute Gasteiger partial charge is 0.383 e. The lowest BCUT2D eigenvalue weighted by atomic mass is 10.1. The third kappa shape index (κ3) is 2.95. The first-order valence-electron chi connectivity index (χ1n) is 6.27. The molecule has 3 nitrogen and oxygen atoms in total. The van der Waals surface area contributed by atoms with Crippen molar-refractivity contribution in [3.8, 4) is 11.3 Å². The van der Waals surface area contributed by atoms with E-state index >= 15 is 0 Å². The summed E-state index contributed by atoms with van der Waals surface area (Å²) in [7, 11) is 0. The number of hydrogen-bond donors (Lipinski definition) is 1. The molecule has 2 N–H and O–H groups in total. The largest absolute Gasteiger partial charge is 0.416 e. The van der Waals surface area contributed by atoms with Gasteiger partial charge < -0.3 is 10.3 Å². The lowest BCUT2D eigenvalue weighted by molar-refractivity contribution is -0.137. The van der Waals surface area contributed by atoms with Crippen molar-refractivity contribution in [2.24, 2.45) is 5.92 Å². The van der Waals surface area contributed by atoms with Crippen molar-refractivity contribution in [1.29, 1.82) is 0 Å². The van der Waals surface area contributed by atoms with E-state index in [-0.39, 0.29) is 0 Å². The first kappa shape index (κ1) is 14.4. The van der Waals surface area contributed by atoms with Crippen LogP contribution in [0.1, 0.15) is 19.4 Å². The SMILES string of the molecule is CC(C)Cn1cnc(-c2cccc(C(F)(F)F)c2)c1N. The predicted octanol–water partition coefficient (Wildman–Crippen LogP) is 3.81. The molecule has 0 fully saturated rings. The second kappa shape index (κ2) is 5.19. The Labute approximate surface area is 115 Å². The fourth-order valence-electron chi connectivity index (χ4n) is 2.00. The fourth-order valence-corrected chi connectivity index (χ4v) is 2.00. The maximum absolute atomic E-state index is 12.7. The maximum Gasteiger partial charge on any atom is 0.416 e. The van der Waals surface area contributed by atoms with E-state index in [1.165, 1.54) is 6.07 Å². The number of nitrogen functional groups attached to an aromatic ring is 1. The van der Waals surface area contributed by atoms with Crippen LogP contribution < -0.4 is 5.73 Å². The summed E-state index contributed by atoms with van der Waals surface area (Å²) in [6.07, 6.45) is -2.81. The predicted molar refractivity (Wildman–Crippen MR) is 71.9 cm³/mol. The Bertz CT molecular complexity index is 600. The molecule has 2 aromatic rings. The van der Waals surface area contributed by atoms with Gasteiger partial charge in [-0.1, -0.05) is 26.0 Å². The number of nitrogens with two attached hydrogens (primary N) is 1. The van der Waals surface area contributed by atoms with Gasteiger partial charge in [0.2, 0.25) is 0 Å². The second-order valence-corrected chi connectivity index (χ2v) is 5.10. The first-order chi connectivity index (χ1) is 9.29. The zero-order valence-corrected chi connectivity index (χ0v) is 11.3. The van der Waals surface area contributed by atoms with Crippen LogP contribution in [-0.2, 0) is 12.7 Å². The molecule has 0 saturated heterocycles. The van der Waals surface area contributed by atoms with Gasteiger partial charge in [-0.2, -0.15) is 13.2 Å². The molecule has 20 heavy (non-hydrogen) atoms. The highest BCUT2D eigenvalue weighted by atomic mass is 19.4. The third-order valence-electron chi connectivity index (χ3n) is 2.90. The molecule has 1 aromatic carbocycles. The van der Waals surface area contributed by atoms with Crippen molar-refractivity contribution in [3.05, 3.63) is 36.2 Å². The average molecular weight is 283 g/mol. The van der Waals surface area contributed by atoms with Crippen LogP contribution in [0.4, 0.5) is 19.0 Å². The molecule has 0 aliphatic heterocycles. The number of aromatic nitrogens is 2. The Balaban J connectivity index is 2.40. The molecule has 0 bridgehead atoms. The van der Waals surface area contributed by atoms with Crippen molar-refractivity contribution in [2.75, 3.05) is 5.73 Å². The van der Waals surface area contributed by atoms with E-state index < -0.39 is 11.7 Å². The minimum absolute atomic E-state index is 0.375. The number of nitrogens with zero attached hydrogens (tertiary/aromatic N) is 2. The molecule has 0 aliphatic carbocycles. The Morgan fingerprint density at radius 3 is 2.60 bits per heavy atom. The summed E-state index contributed by atoms with van der Waals surface area (Å²) >= 11 is 0. The summed E-state index contributed by atoms with van der Waals surface area (Å²) in [5, 5.41) is 0. The van der Waals surface area contributed by atoms with Crippen LogP contribution in [0, 0.1) is 5.92 Å². The monoisotopic (exact) mass is 283 g/mol. The number of halogens is 3. The van der Waals surface area contributed by atoms with Crippen molar-refractivity contribution in [2.45, 2.75) is 26.6 Å². The van der Waals surface area contributed by atoms with Gasteiger partial charge in [-0.15, -0.1) is 0 Å². The standard InChI is InChI=1S/C14H16F3N3/c1-9(2)7-20-8-19-12(13(20)18)10-4-3-5-11(6-10)14(15,16)17/h3-6,8-9H,7,18H2,1-2H3. The molecule has 0 saturated carbocycles. The highest BCUT2D eigenvalue weighted by molar-refractivity contribution is 5.71. The number of imidazole rings is 1. The van der Waals surface area contributed by atoms with Gasteiger partial charge in [-0.3, -0.25) is 0 Å². The van der Waals surface area contributed by atoms with Crippen LogP contribution in [-0.4, -0.2) is 9.55 Å². The number of benzene rings is 1. The number of anilines is 1. The van der Waals surface area contributed by atoms with Crippen molar-refractivity contribution in [3.63, 3.8) is 0 Å². The van der Waals surface area contributed by atoms with Gasteiger partial charge in [0.05, 0.1) is 11.9 Å². The number of alkyl halides is 3. The summed E-state index contributed by atoms with van der Waals surface area (Å²) in [4.78, 5) is 4.13. The quantitative estimate of drug-likeness (QED) is 0.931. The summed E-state index contributed by atoms with van der Waals surface area (Å²) in [6, 6.07) is 5.04. The van der Waals surface area contributed by atoms with E-state index in [9.17, 15) is 13.2 Å².